The molecule has 1 amide bonds. The van der Waals surface area contributed by atoms with Crippen LogP contribution in [0.2, 0.25) is 0 Å². The van der Waals surface area contributed by atoms with Crippen LogP contribution in [0.3, 0.4) is 0 Å². The average Bonchev–Trinajstić information content (AvgIpc) is 2.68. The predicted octanol–water partition coefficient (Wildman–Crippen LogP) is 5.50. The summed E-state index contributed by atoms with van der Waals surface area (Å²) in [5.41, 5.74) is 2.87. The highest BCUT2D eigenvalue weighted by molar-refractivity contribution is 5.94. The van der Waals surface area contributed by atoms with E-state index in [2.05, 4.69) is 5.32 Å². The second kappa shape index (κ2) is 8.41. The Bertz CT molecular complexity index is 905. The quantitative estimate of drug-likeness (QED) is 0.630. The van der Waals surface area contributed by atoms with Crippen LogP contribution < -0.4 is 14.8 Å². The van der Waals surface area contributed by atoms with Crippen molar-refractivity contribution in [1.82, 2.24) is 0 Å². The third kappa shape index (κ3) is 4.88. The molecule has 0 heterocycles. The zero-order chi connectivity index (χ0) is 19.2. The van der Waals surface area contributed by atoms with Crippen LogP contribution in [-0.2, 0) is 4.79 Å². The molecule has 0 radical (unpaired) electrons. The Labute approximate surface area is 159 Å². The summed E-state index contributed by atoms with van der Waals surface area (Å²) < 4.78 is 11.6. The van der Waals surface area contributed by atoms with Crippen molar-refractivity contribution in [3.8, 4) is 17.2 Å². The minimum Gasteiger partial charge on any atom is -0.481 e. The lowest BCUT2D eigenvalue weighted by molar-refractivity contribution is -0.122. The van der Waals surface area contributed by atoms with Gasteiger partial charge >= 0.3 is 0 Å². The molecule has 27 heavy (non-hydrogen) atoms. The first-order chi connectivity index (χ1) is 13.0. The van der Waals surface area contributed by atoms with Crippen molar-refractivity contribution in [1.29, 1.82) is 0 Å². The molecule has 4 heteroatoms. The monoisotopic (exact) mass is 361 g/mol. The second-order valence-corrected chi connectivity index (χ2v) is 6.39. The predicted molar refractivity (Wildman–Crippen MR) is 108 cm³/mol. The molecular formula is C23H23NO3. The zero-order valence-electron chi connectivity index (χ0n) is 15.7. The largest absolute Gasteiger partial charge is 0.481 e. The normalized spacial score (nSPS) is 11.5. The van der Waals surface area contributed by atoms with Gasteiger partial charge < -0.3 is 14.8 Å². The number of ether oxygens (including phenoxy) is 2. The van der Waals surface area contributed by atoms with Gasteiger partial charge in [-0.1, -0.05) is 30.3 Å². The van der Waals surface area contributed by atoms with Crippen molar-refractivity contribution in [2.24, 2.45) is 0 Å². The van der Waals surface area contributed by atoms with Crippen LogP contribution in [0, 0.1) is 13.8 Å². The van der Waals surface area contributed by atoms with Gasteiger partial charge in [0.25, 0.3) is 5.91 Å². The molecule has 0 saturated heterocycles. The molecule has 138 valence electrons. The number of hydrogen-bond donors (Lipinski definition) is 1. The molecule has 3 aromatic rings. The van der Waals surface area contributed by atoms with Gasteiger partial charge in [0.05, 0.1) is 0 Å². The lowest BCUT2D eigenvalue weighted by Crippen LogP contribution is -2.30. The number of aryl methyl sites for hydroxylation is 1. The van der Waals surface area contributed by atoms with Crippen LogP contribution in [0.25, 0.3) is 0 Å². The van der Waals surface area contributed by atoms with Crippen LogP contribution >= 0.6 is 0 Å². The summed E-state index contributed by atoms with van der Waals surface area (Å²) in [5, 5.41) is 2.87. The smallest absolute Gasteiger partial charge is 0.265 e. The maximum Gasteiger partial charge on any atom is 0.265 e. The van der Waals surface area contributed by atoms with Crippen molar-refractivity contribution in [2.75, 3.05) is 5.32 Å². The maximum atomic E-state index is 12.4. The minimum absolute atomic E-state index is 0.201. The molecule has 4 nitrogen and oxygen atoms in total. The van der Waals surface area contributed by atoms with Crippen LogP contribution in [0.1, 0.15) is 18.1 Å². The van der Waals surface area contributed by atoms with E-state index in [1.807, 2.05) is 74.5 Å². The van der Waals surface area contributed by atoms with E-state index < -0.39 is 6.10 Å². The fourth-order valence-corrected chi connectivity index (χ4v) is 2.57. The molecule has 0 aliphatic carbocycles. The topological polar surface area (TPSA) is 47.6 Å². The van der Waals surface area contributed by atoms with E-state index in [0.29, 0.717) is 11.4 Å². The molecule has 0 saturated carbocycles. The van der Waals surface area contributed by atoms with Crippen molar-refractivity contribution >= 4 is 11.6 Å². The number of nitrogens with one attached hydrogen (secondary N) is 1. The van der Waals surface area contributed by atoms with E-state index in [-0.39, 0.29) is 5.91 Å². The summed E-state index contributed by atoms with van der Waals surface area (Å²) in [5.74, 6) is 2.00. The minimum atomic E-state index is -0.606. The summed E-state index contributed by atoms with van der Waals surface area (Å²) in [4.78, 5) is 12.4. The van der Waals surface area contributed by atoms with Gasteiger partial charge in [-0.25, -0.2) is 0 Å². The lowest BCUT2D eigenvalue weighted by atomic mass is 10.1. The van der Waals surface area contributed by atoms with Crippen molar-refractivity contribution < 1.29 is 14.3 Å². The molecule has 0 bridgehead atoms. The van der Waals surface area contributed by atoms with Gasteiger partial charge in [-0.05, 0) is 74.4 Å². The molecule has 0 aromatic heterocycles. The van der Waals surface area contributed by atoms with E-state index in [1.54, 1.807) is 19.1 Å². The van der Waals surface area contributed by atoms with E-state index in [1.165, 1.54) is 0 Å². The fraction of sp³-hybridized carbons (Fsp3) is 0.174. The number of para-hydroxylation sites is 1. The summed E-state index contributed by atoms with van der Waals surface area (Å²) in [6.07, 6.45) is -0.606. The molecule has 1 N–H and O–H groups in total. The number of amides is 1. The molecule has 0 fully saturated rings. The third-order valence-corrected chi connectivity index (χ3v) is 4.33. The van der Waals surface area contributed by atoms with Crippen molar-refractivity contribution in [3.63, 3.8) is 0 Å². The Morgan fingerprint density at radius 2 is 1.52 bits per heavy atom. The van der Waals surface area contributed by atoms with Gasteiger partial charge in [-0.2, -0.15) is 0 Å². The molecule has 0 aliphatic rings. The van der Waals surface area contributed by atoms with Gasteiger partial charge in [0.2, 0.25) is 0 Å². The number of hydrogen-bond acceptors (Lipinski definition) is 3. The number of carbonyl (C=O) groups is 1. The van der Waals surface area contributed by atoms with E-state index in [0.717, 1.165) is 22.6 Å². The van der Waals surface area contributed by atoms with Crippen LogP contribution in [0.15, 0.2) is 72.8 Å². The first-order valence-electron chi connectivity index (χ1n) is 8.89. The summed E-state index contributed by atoms with van der Waals surface area (Å²) >= 11 is 0. The Kier molecular flexibility index (Phi) is 5.77. The van der Waals surface area contributed by atoms with Gasteiger partial charge in [0.1, 0.15) is 17.2 Å². The first kappa shape index (κ1) is 18.5. The van der Waals surface area contributed by atoms with Gasteiger partial charge in [-0.3, -0.25) is 4.79 Å². The van der Waals surface area contributed by atoms with E-state index >= 15 is 0 Å². The Morgan fingerprint density at radius 1 is 0.852 bits per heavy atom. The van der Waals surface area contributed by atoms with Crippen molar-refractivity contribution in [2.45, 2.75) is 26.9 Å². The Morgan fingerprint density at radius 3 is 2.22 bits per heavy atom. The number of rotatable bonds is 6. The van der Waals surface area contributed by atoms with Crippen LogP contribution in [0.5, 0.6) is 17.2 Å². The standard InChI is InChI=1S/C23H23NO3/c1-16-8-7-11-22(17(16)2)26-18(3)23(25)24-19-12-14-21(15-13-19)27-20-9-5-4-6-10-20/h4-15,18H,1-3H3,(H,24,25)/t18-/m0/s1. The summed E-state index contributed by atoms with van der Waals surface area (Å²) in [7, 11) is 0. The number of benzene rings is 3. The second-order valence-electron chi connectivity index (χ2n) is 6.39. The molecule has 3 rings (SSSR count). The first-order valence-corrected chi connectivity index (χ1v) is 8.89. The van der Waals surface area contributed by atoms with Crippen LogP contribution in [0.4, 0.5) is 5.69 Å². The highest BCUT2D eigenvalue weighted by Gasteiger charge is 2.16. The molecule has 0 aliphatic heterocycles. The molecule has 0 unspecified atom stereocenters. The van der Waals surface area contributed by atoms with Crippen molar-refractivity contribution in [3.05, 3.63) is 83.9 Å². The lowest BCUT2D eigenvalue weighted by Gasteiger charge is -2.17. The average molecular weight is 361 g/mol. The van der Waals surface area contributed by atoms with Gasteiger partial charge in [0.15, 0.2) is 6.10 Å². The maximum absolute atomic E-state index is 12.4. The highest BCUT2D eigenvalue weighted by Crippen LogP contribution is 2.24. The zero-order valence-corrected chi connectivity index (χ0v) is 15.7. The van der Waals surface area contributed by atoms with E-state index in [4.69, 9.17) is 9.47 Å². The SMILES string of the molecule is Cc1cccc(O[C@@H](C)C(=O)Nc2ccc(Oc3ccccc3)cc2)c1C. The van der Waals surface area contributed by atoms with Crippen LogP contribution in [-0.4, -0.2) is 12.0 Å². The summed E-state index contributed by atoms with van der Waals surface area (Å²) in [6.45, 7) is 5.75. The third-order valence-electron chi connectivity index (χ3n) is 4.33. The Balaban J connectivity index is 1.59. The summed E-state index contributed by atoms with van der Waals surface area (Å²) in [6, 6.07) is 22.6. The molecule has 3 aromatic carbocycles. The molecule has 1 atom stereocenters. The fourth-order valence-electron chi connectivity index (χ4n) is 2.57. The van der Waals surface area contributed by atoms with Gasteiger partial charge in [-0.15, -0.1) is 0 Å². The Hall–Kier alpha value is -3.27. The number of anilines is 1. The molecule has 0 spiro atoms. The highest BCUT2D eigenvalue weighted by atomic mass is 16.5. The molecular weight excluding hydrogens is 338 g/mol. The van der Waals surface area contributed by atoms with Gasteiger partial charge in [0, 0.05) is 5.69 Å². The number of carbonyl (C=O) groups excluding carboxylic acids is 1. The van der Waals surface area contributed by atoms with E-state index in [9.17, 15) is 4.79 Å².